The molecule has 2 amide bonds. The zero-order valence-electron chi connectivity index (χ0n) is 17.9. The predicted molar refractivity (Wildman–Crippen MR) is 125 cm³/mol. The van der Waals surface area contributed by atoms with Crippen LogP contribution in [0.15, 0.2) is 34.3 Å². The van der Waals surface area contributed by atoms with E-state index in [1.165, 1.54) is 6.20 Å². The van der Waals surface area contributed by atoms with E-state index in [1.807, 2.05) is 10.6 Å². The first kappa shape index (κ1) is 21.2. The molecule has 2 aliphatic carbocycles. The number of nitrogens with zero attached hydrogens (tertiary/aromatic N) is 2. The van der Waals surface area contributed by atoms with Crippen LogP contribution in [0.4, 0.5) is 4.79 Å². The molecule has 1 saturated carbocycles. The van der Waals surface area contributed by atoms with Crippen LogP contribution in [0.2, 0.25) is 0 Å². The van der Waals surface area contributed by atoms with Crippen molar-refractivity contribution in [1.29, 1.82) is 0 Å². The summed E-state index contributed by atoms with van der Waals surface area (Å²) >= 11 is 1.62. The zero-order valence-corrected chi connectivity index (χ0v) is 18.7. The van der Waals surface area contributed by atoms with Gasteiger partial charge in [-0.25, -0.2) is 15.0 Å². The standard InChI is InChI=1S/C23H22N4O5S/c1-32-21-12(18-9-14-16(25-26-23(24)31)3-2-4-17(14)33-18)7-8-13-19(21)27(11-5-6-11)10-15(20(13)28)22(29)30/h7-11H,2-6H2,1H3,(H,29,30)(H3,24,26,31)/b25-16+. The molecule has 10 heteroatoms. The summed E-state index contributed by atoms with van der Waals surface area (Å²) in [6, 6.07) is 4.95. The lowest BCUT2D eigenvalue weighted by molar-refractivity contribution is 0.0694. The number of hydrazone groups is 1. The van der Waals surface area contributed by atoms with Gasteiger partial charge in [-0.1, -0.05) is 0 Å². The third kappa shape index (κ3) is 3.66. The third-order valence-corrected chi connectivity index (χ3v) is 7.25. The normalized spacial score (nSPS) is 16.6. The minimum Gasteiger partial charge on any atom is -0.494 e. The van der Waals surface area contributed by atoms with Crippen LogP contribution >= 0.6 is 11.3 Å². The van der Waals surface area contributed by atoms with Gasteiger partial charge in [-0.15, -0.1) is 11.3 Å². The summed E-state index contributed by atoms with van der Waals surface area (Å²) in [5, 5.41) is 14.0. The van der Waals surface area contributed by atoms with E-state index in [-0.39, 0.29) is 11.6 Å². The number of fused-ring (bicyclic) bond motifs is 2. The number of ether oxygens (including phenoxy) is 1. The summed E-state index contributed by atoms with van der Waals surface area (Å²) in [5.41, 5.74) is 9.91. The number of methoxy groups -OCH3 is 1. The molecule has 0 saturated heterocycles. The molecule has 0 spiro atoms. The zero-order chi connectivity index (χ0) is 23.3. The van der Waals surface area contributed by atoms with Crippen molar-refractivity contribution in [1.82, 2.24) is 9.99 Å². The van der Waals surface area contributed by atoms with Crippen LogP contribution in [0.5, 0.6) is 5.75 Å². The highest BCUT2D eigenvalue weighted by Crippen LogP contribution is 2.45. The van der Waals surface area contributed by atoms with Crippen LogP contribution in [-0.4, -0.2) is 34.5 Å². The minimum absolute atomic E-state index is 0.144. The van der Waals surface area contributed by atoms with Gasteiger partial charge in [-0.3, -0.25) is 4.79 Å². The summed E-state index contributed by atoms with van der Waals surface area (Å²) in [5.74, 6) is -0.692. The maximum atomic E-state index is 12.9. The molecule has 4 N–H and O–H groups in total. The number of nitrogens with two attached hydrogens (primary N) is 1. The van der Waals surface area contributed by atoms with Gasteiger partial charge in [-0.05, 0) is 50.3 Å². The summed E-state index contributed by atoms with van der Waals surface area (Å²) in [6.07, 6.45) is 5.84. The molecule has 9 nitrogen and oxygen atoms in total. The van der Waals surface area contributed by atoms with E-state index in [9.17, 15) is 19.5 Å². The fraction of sp³-hybridized carbons (Fsp3) is 0.304. The van der Waals surface area contributed by atoms with Gasteiger partial charge in [0.05, 0.1) is 23.7 Å². The molecular formula is C23H22N4O5S. The van der Waals surface area contributed by atoms with E-state index in [0.29, 0.717) is 16.7 Å². The Kier molecular flexibility index (Phi) is 5.16. The summed E-state index contributed by atoms with van der Waals surface area (Å²) in [4.78, 5) is 37.8. The smallest absolute Gasteiger partial charge is 0.341 e. The van der Waals surface area contributed by atoms with Crippen molar-refractivity contribution >= 4 is 40.0 Å². The first-order valence-electron chi connectivity index (χ1n) is 10.6. The molecule has 2 aromatic heterocycles. The number of aromatic carboxylic acids is 1. The molecule has 170 valence electrons. The molecule has 1 aromatic carbocycles. The number of aryl methyl sites for hydroxylation is 1. The van der Waals surface area contributed by atoms with E-state index in [1.54, 1.807) is 30.6 Å². The molecule has 1 fully saturated rings. The SMILES string of the molecule is COc1c(-c2cc3c(s2)CCC/C3=N\NC(N)=O)ccc2c(=O)c(C(=O)O)cn(C3CC3)c12. The fourth-order valence-corrected chi connectivity index (χ4v) is 5.64. The molecule has 33 heavy (non-hydrogen) atoms. The highest BCUT2D eigenvalue weighted by molar-refractivity contribution is 7.16. The average molecular weight is 467 g/mol. The van der Waals surface area contributed by atoms with Crippen LogP contribution in [0.25, 0.3) is 21.3 Å². The van der Waals surface area contributed by atoms with Gasteiger partial charge in [0.2, 0.25) is 5.43 Å². The number of aromatic nitrogens is 1. The summed E-state index contributed by atoms with van der Waals surface area (Å²) in [6.45, 7) is 0. The van der Waals surface area contributed by atoms with Gasteiger partial charge in [0, 0.05) is 33.1 Å². The molecule has 0 bridgehead atoms. The monoisotopic (exact) mass is 466 g/mol. The van der Waals surface area contributed by atoms with Crippen molar-refractivity contribution < 1.29 is 19.4 Å². The molecule has 2 aliphatic rings. The molecule has 0 radical (unpaired) electrons. The molecule has 0 atom stereocenters. The number of hydrogen-bond acceptors (Lipinski definition) is 6. The fourth-order valence-electron chi connectivity index (χ4n) is 4.39. The molecule has 0 unspecified atom stereocenters. The van der Waals surface area contributed by atoms with Crippen LogP contribution < -0.4 is 21.3 Å². The van der Waals surface area contributed by atoms with E-state index in [2.05, 4.69) is 10.5 Å². The second-order valence-corrected chi connectivity index (χ2v) is 9.33. The number of urea groups is 1. The minimum atomic E-state index is -1.23. The lowest BCUT2D eigenvalue weighted by atomic mass is 9.96. The van der Waals surface area contributed by atoms with Gasteiger partial charge in [0.25, 0.3) is 0 Å². The molecule has 3 aromatic rings. The first-order chi connectivity index (χ1) is 15.9. The maximum absolute atomic E-state index is 12.9. The van der Waals surface area contributed by atoms with Crippen LogP contribution in [0, 0.1) is 0 Å². The number of carboxylic acid groups (broad SMARTS) is 1. The highest BCUT2D eigenvalue weighted by Gasteiger charge is 2.30. The Morgan fingerprint density at radius 2 is 2.06 bits per heavy atom. The first-order valence-corrected chi connectivity index (χ1v) is 11.4. The molecular weight excluding hydrogens is 444 g/mol. The van der Waals surface area contributed by atoms with E-state index >= 15 is 0 Å². The lowest BCUT2D eigenvalue weighted by Crippen LogP contribution is -2.26. The number of carbonyl (C=O) groups is 2. The quantitative estimate of drug-likeness (QED) is 0.495. The predicted octanol–water partition coefficient (Wildman–Crippen LogP) is 3.48. The van der Waals surface area contributed by atoms with Gasteiger partial charge >= 0.3 is 12.0 Å². The second kappa shape index (κ2) is 8.04. The van der Waals surface area contributed by atoms with Gasteiger partial charge in [-0.2, -0.15) is 5.10 Å². The number of amides is 2. The van der Waals surface area contributed by atoms with Crippen LogP contribution in [-0.2, 0) is 6.42 Å². The summed E-state index contributed by atoms with van der Waals surface area (Å²) < 4.78 is 7.70. The average Bonchev–Trinajstić information content (AvgIpc) is 3.54. The summed E-state index contributed by atoms with van der Waals surface area (Å²) in [7, 11) is 1.56. The number of benzene rings is 1. The topological polar surface area (TPSA) is 136 Å². The van der Waals surface area contributed by atoms with Crippen LogP contribution in [0.3, 0.4) is 0 Å². The maximum Gasteiger partial charge on any atom is 0.341 e. The van der Waals surface area contributed by atoms with E-state index in [0.717, 1.165) is 58.7 Å². The number of hydrogen-bond donors (Lipinski definition) is 3. The van der Waals surface area contributed by atoms with E-state index < -0.39 is 17.4 Å². The van der Waals surface area contributed by atoms with Gasteiger partial charge < -0.3 is 20.1 Å². The van der Waals surface area contributed by atoms with Crippen molar-refractivity contribution in [2.24, 2.45) is 10.8 Å². The highest BCUT2D eigenvalue weighted by atomic mass is 32.1. The second-order valence-electron chi connectivity index (χ2n) is 8.19. The Hall–Kier alpha value is -3.66. The Labute approximate surface area is 192 Å². The van der Waals surface area contributed by atoms with Crippen molar-refractivity contribution in [3.63, 3.8) is 0 Å². The van der Waals surface area contributed by atoms with Gasteiger partial charge in [0.15, 0.2) is 5.75 Å². The van der Waals surface area contributed by atoms with Crippen LogP contribution in [0.1, 0.15) is 52.5 Å². The van der Waals surface area contributed by atoms with Gasteiger partial charge in [0.1, 0.15) is 5.56 Å². The lowest BCUT2D eigenvalue weighted by Gasteiger charge is -2.17. The van der Waals surface area contributed by atoms with Crippen molar-refractivity contribution in [3.8, 4) is 16.2 Å². The van der Waals surface area contributed by atoms with Crippen molar-refractivity contribution in [2.45, 2.75) is 38.1 Å². The van der Waals surface area contributed by atoms with Crippen molar-refractivity contribution in [2.75, 3.05) is 7.11 Å². The molecule has 0 aliphatic heterocycles. The molecule has 5 rings (SSSR count). The Morgan fingerprint density at radius 3 is 2.73 bits per heavy atom. The largest absolute Gasteiger partial charge is 0.494 e. The number of carboxylic acids is 1. The number of carbonyl (C=O) groups excluding carboxylic acids is 1. The number of nitrogens with one attached hydrogen (secondary N) is 1. The molecule has 2 heterocycles. The Balaban J connectivity index is 1.71. The number of rotatable bonds is 5. The number of pyridine rings is 1. The third-order valence-electron chi connectivity index (χ3n) is 6.03. The number of primary amides is 1. The Morgan fingerprint density at radius 1 is 1.27 bits per heavy atom. The number of thiophene rings is 1. The Bertz CT molecular complexity index is 1400. The van der Waals surface area contributed by atoms with E-state index in [4.69, 9.17) is 10.5 Å². The van der Waals surface area contributed by atoms with Crippen molar-refractivity contribution in [3.05, 3.63) is 50.6 Å².